The van der Waals surface area contributed by atoms with Crippen LogP contribution in [0.4, 0.5) is 11.4 Å². The largest absolute Gasteiger partial charge is 0.311 e. The van der Waals surface area contributed by atoms with Gasteiger partial charge in [0.2, 0.25) is 0 Å². The molecule has 0 amide bonds. The van der Waals surface area contributed by atoms with Crippen LogP contribution in [0.5, 0.6) is 0 Å². The van der Waals surface area contributed by atoms with Crippen LogP contribution in [0, 0.1) is 6.92 Å². The highest BCUT2D eigenvalue weighted by Crippen LogP contribution is 2.40. The van der Waals surface area contributed by atoms with Crippen LogP contribution < -0.4 is 4.90 Å². The van der Waals surface area contributed by atoms with Crippen molar-refractivity contribution in [3.63, 3.8) is 0 Å². The predicted octanol–water partition coefficient (Wildman–Crippen LogP) is 9.65. The molecule has 1 heterocycles. The van der Waals surface area contributed by atoms with E-state index in [-0.39, 0.29) is 0 Å². The molecule has 0 unspecified atom stereocenters. The van der Waals surface area contributed by atoms with Gasteiger partial charge in [-0.2, -0.15) is 0 Å². The summed E-state index contributed by atoms with van der Waals surface area (Å²) in [5.41, 5.74) is 7.28. The zero-order valence-electron chi connectivity index (χ0n) is 19.2. The summed E-state index contributed by atoms with van der Waals surface area (Å²) < 4.78 is 2.64. The molecular formula is C31H27NS. The number of fused-ring (bicyclic) bond motifs is 3. The van der Waals surface area contributed by atoms with Gasteiger partial charge in [0.25, 0.3) is 0 Å². The Bertz CT molecular complexity index is 1470. The SMILES string of the molecule is C/C=C\C(=C/C)N(c1ccccc1)c1ccc2sc3ccc(-c4ccc(C)cc4)cc3c2c1. The molecule has 0 N–H and O–H groups in total. The number of thiophene rings is 1. The van der Waals surface area contributed by atoms with Crippen molar-refractivity contribution in [1.29, 1.82) is 0 Å². The van der Waals surface area contributed by atoms with Crippen molar-refractivity contribution < 1.29 is 0 Å². The Morgan fingerprint density at radius 1 is 0.697 bits per heavy atom. The Morgan fingerprint density at radius 2 is 1.36 bits per heavy atom. The zero-order valence-corrected chi connectivity index (χ0v) is 20.1. The lowest BCUT2D eigenvalue weighted by atomic mass is 10.0. The van der Waals surface area contributed by atoms with Crippen LogP contribution >= 0.6 is 11.3 Å². The van der Waals surface area contributed by atoms with Crippen LogP contribution in [-0.2, 0) is 0 Å². The lowest BCUT2D eigenvalue weighted by Gasteiger charge is -2.26. The molecule has 2 heteroatoms. The van der Waals surface area contributed by atoms with Crippen molar-refractivity contribution in [2.24, 2.45) is 0 Å². The van der Waals surface area contributed by atoms with Gasteiger partial charge in [-0.05, 0) is 80.4 Å². The van der Waals surface area contributed by atoms with Gasteiger partial charge in [0.05, 0.1) is 0 Å². The first kappa shape index (κ1) is 21.2. The van der Waals surface area contributed by atoms with Crippen LogP contribution in [0.2, 0.25) is 0 Å². The summed E-state index contributed by atoms with van der Waals surface area (Å²) in [6.07, 6.45) is 6.43. The molecule has 33 heavy (non-hydrogen) atoms. The number of anilines is 2. The maximum atomic E-state index is 2.35. The van der Waals surface area contributed by atoms with Gasteiger partial charge in [-0.25, -0.2) is 0 Å². The summed E-state index contributed by atoms with van der Waals surface area (Å²) in [5.74, 6) is 0. The first-order valence-electron chi connectivity index (χ1n) is 11.4. The maximum Gasteiger partial charge on any atom is 0.0468 e. The first-order valence-corrected chi connectivity index (χ1v) is 12.2. The second-order valence-corrected chi connectivity index (χ2v) is 9.33. The van der Waals surface area contributed by atoms with E-state index in [9.17, 15) is 0 Å². The van der Waals surface area contributed by atoms with E-state index < -0.39 is 0 Å². The standard InChI is InChI=1S/C31H27NS/c1-4-9-25(5-2)32(26-10-7-6-8-11-26)27-17-19-31-29(21-27)28-20-24(16-18-30(28)33-31)23-14-12-22(3)13-15-23/h4-21H,1-3H3/b9-4-,25-5+. The van der Waals surface area contributed by atoms with Gasteiger partial charge in [0.1, 0.15) is 0 Å². The highest BCUT2D eigenvalue weighted by Gasteiger charge is 2.15. The van der Waals surface area contributed by atoms with E-state index in [2.05, 4.69) is 135 Å². The molecule has 0 radical (unpaired) electrons. The summed E-state index contributed by atoms with van der Waals surface area (Å²) in [7, 11) is 0. The zero-order chi connectivity index (χ0) is 22.8. The molecule has 0 saturated carbocycles. The third kappa shape index (κ3) is 4.10. The second kappa shape index (κ2) is 9.09. The van der Waals surface area contributed by atoms with Gasteiger partial charge in [-0.3, -0.25) is 0 Å². The Balaban J connectivity index is 1.69. The summed E-state index contributed by atoms with van der Waals surface area (Å²) in [6.45, 7) is 6.29. The average Bonchev–Trinajstić information content (AvgIpc) is 3.22. The molecule has 162 valence electrons. The Labute approximate surface area is 199 Å². The highest BCUT2D eigenvalue weighted by molar-refractivity contribution is 7.25. The third-order valence-corrected chi connectivity index (χ3v) is 7.15. The van der Waals surface area contributed by atoms with E-state index >= 15 is 0 Å². The average molecular weight is 446 g/mol. The van der Waals surface area contributed by atoms with E-state index in [1.807, 2.05) is 11.3 Å². The van der Waals surface area contributed by atoms with Gasteiger partial charge in [-0.1, -0.05) is 66.2 Å². The van der Waals surface area contributed by atoms with Crippen LogP contribution in [0.1, 0.15) is 19.4 Å². The minimum atomic E-state index is 1.16. The first-order chi connectivity index (χ1) is 16.2. The van der Waals surface area contributed by atoms with Gasteiger partial charge in [0.15, 0.2) is 0 Å². The highest BCUT2D eigenvalue weighted by atomic mass is 32.1. The number of hydrogen-bond acceptors (Lipinski definition) is 2. The molecule has 0 saturated heterocycles. The van der Waals surface area contributed by atoms with E-state index in [0.717, 1.165) is 11.4 Å². The van der Waals surface area contributed by atoms with Crippen molar-refractivity contribution in [1.82, 2.24) is 0 Å². The van der Waals surface area contributed by atoms with Crippen molar-refractivity contribution in [3.05, 3.63) is 120 Å². The molecule has 0 spiro atoms. The molecule has 0 aliphatic rings. The molecule has 0 fully saturated rings. The fourth-order valence-corrected chi connectivity index (χ4v) is 5.39. The minimum Gasteiger partial charge on any atom is -0.311 e. The Morgan fingerprint density at radius 3 is 2.06 bits per heavy atom. The molecular weight excluding hydrogens is 418 g/mol. The predicted molar refractivity (Wildman–Crippen MR) is 147 cm³/mol. The summed E-state index contributed by atoms with van der Waals surface area (Å²) >= 11 is 1.86. The fourth-order valence-electron chi connectivity index (χ4n) is 4.32. The minimum absolute atomic E-state index is 1.16. The summed E-state index contributed by atoms with van der Waals surface area (Å²) in [4.78, 5) is 2.33. The molecule has 5 rings (SSSR count). The van der Waals surface area contributed by atoms with Gasteiger partial charge in [0, 0.05) is 37.2 Å². The van der Waals surface area contributed by atoms with Crippen molar-refractivity contribution in [2.45, 2.75) is 20.8 Å². The number of allylic oxidation sites excluding steroid dienone is 3. The third-order valence-electron chi connectivity index (χ3n) is 6.00. The van der Waals surface area contributed by atoms with Crippen LogP contribution in [0.25, 0.3) is 31.3 Å². The topological polar surface area (TPSA) is 3.24 Å². The molecule has 0 aliphatic heterocycles. The number of benzene rings is 4. The molecule has 1 nitrogen and oxygen atoms in total. The second-order valence-electron chi connectivity index (χ2n) is 8.24. The van der Waals surface area contributed by atoms with Crippen LogP contribution in [0.3, 0.4) is 0 Å². The Kier molecular flexibility index (Phi) is 5.85. The molecule has 1 aromatic heterocycles. The number of rotatable bonds is 5. The number of nitrogens with zero attached hydrogens (tertiary/aromatic N) is 1. The van der Waals surface area contributed by atoms with Crippen molar-refractivity contribution >= 4 is 42.9 Å². The van der Waals surface area contributed by atoms with Gasteiger partial charge >= 0.3 is 0 Å². The smallest absolute Gasteiger partial charge is 0.0468 e. The lowest BCUT2D eigenvalue weighted by Crippen LogP contribution is -2.14. The normalized spacial score (nSPS) is 12.2. The van der Waals surface area contributed by atoms with Crippen LogP contribution in [-0.4, -0.2) is 0 Å². The van der Waals surface area contributed by atoms with E-state index in [1.165, 1.54) is 42.6 Å². The molecule has 0 aliphatic carbocycles. The number of para-hydroxylation sites is 1. The van der Waals surface area contributed by atoms with E-state index in [4.69, 9.17) is 0 Å². The molecule has 0 bridgehead atoms. The quantitative estimate of drug-likeness (QED) is 0.243. The molecule has 4 aromatic carbocycles. The molecule has 5 aromatic rings. The maximum absolute atomic E-state index is 2.35. The van der Waals surface area contributed by atoms with Crippen molar-refractivity contribution in [2.75, 3.05) is 4.90 Å². The number of hydrogen-bond donors (Lipinski definition) is 0. The summed E-state index contributed by atoms with van der Waals surface area (Å²) in [5, 5.41) is 2.62. The van der Waals surface area contributed by atoms with E-state index in [0.29, 0.717) is 0 Å². The van der Waals surface area contributed by atoms with Gasteiger partial charge < -0.3 is 4.90 Å². The van der Waals surface area contributed by atoms with Gasteiger partial charge in [-0.15, -0.1) is 11.3 Å². The molecule has 0 atom stereocenters. The Hall–Kier alpha value is -3.62. The van der Waals surface area contributed by atoms with Crippen molar-refractivity contribution in [3.8, 4) is 11.1 Å². The van der Waals surface area contributed by atoms with E-state index in [1.54, 1.807) is 0 Å². The fraction of sp³-hybridized carbons (Fsp3) is 0.0968. The van der Waals surface area contributed by atoms with Crippen LogP contribution in [0.15, 0.2) is 115 Å². The number of aryl methyl sites for hydroxylation is 1. The lowest BCUT2D eigenvalue weighted by molar-refractivity contribution is 1.20. The summed E-state index contributed by atoms with van der Waals surface area (Å²) in [6, 6.07) is 33.1. The monoisotopic (exact) mass is 445 g/mol.